The number of carboxylic acid groups (broad SMARTS) is 1. The molecule has 6 nitrogen and oxygen atoms in total. The summed E-state index contributed by atoms with van der Waals surface area (Å²) in [6.45, 7) is 0.188. The van der Waals surface area contributed by atoms with E-state index in [2.05, 4.69) is 5.32 Å². The van der Waals surface area contributed by atoms with Crippen molar-refractivity contribution in [2.75, 3.05) is 20.3 Å². The molecule has 1 aliphatic rings. The number of hydrogen-bond donors (Lipinski definition) is 2. The Kier molecular flexibility index (Phi) is 5.38. The molecule has 0 saturated heterocycles. The quantitative estimate of drug-likeness (QED) is 0.758. The minimum atomic E-state index is -1.00. The van der Waals surface area contributed by atoms with Crippen LogP contribution < -0.4 is 10.1 Å². The molecule has 6 heteroatoms. The van der Waals surface area contributed by atoms with Crippen LogP contribution in [0, 0.1) is 0 Å². The smallest absolute Gasteiger partial charge is 0.341 e. The van der Waals surface area contributed by atoms with Gasteiger partial charge in [-0.15, -0.1) is 0 Å². The Hall–Kier alpha value is -2.08. The Morgan fingerprint density at radius 2 is 1.95 bits per heavy atom. The van der Waals surface area contributed by atoms with Crippen LogP contribution in [0.5, 0.6) is 5.75 Å². The summed E-state index contributed by atoms with van der Waals surface area (Å²) in [6.07, 6.45) is 3.29. The molecule has 0 radical (unpaired) electrons. The summed E-state index contributed by atoms with van der Waals surface area (Å²) in [6, 6.07) is 7.17. The number of carboxylic acids is 1. The summed E-state index contributed by atoms with van der Waals surface area (Å²) < 4.78 is 10.4. The van der Waals surface area contributed by atoms with Gasteiger partial charge in [-0.3, -0.25) is 4.79 Å². The van der Waals surface area contributed by atoms with Crippen LogP contribution in [0.15, 0.2) is 24.3 Å². The molecular weight excluding hydrogens is 286 g/mol. The number of nitrogens with one attached hydrogen (secondary N) is 1. The summed E-state index contributed by atoms with van der Waals surface area (Å²) in [5.41, 5.74) is 0.428. The van der Waals surface area contributed by atoms with E-state index in [1.165, 1.54) is 0 Å². The van der Waals surface area contributed by atoms with Gasteiger partial charge in [-0.2, -0.15) is 0 Å². The molecule has 1 amide bonds. The standard InChI is InChI=1S/C16H21NO5/c1-21-16(8-2-9-16)15(20)17-10-7-12-3-5-13(6-4-12)22-11-14(18)19/h3-6H,2,7-11H2,1H3,(H,17,20)(H,18,19). The summed E-state index contributed by atoms with van der Waals surface area (Å²) in [4.78, 5) is 22.5. The predicted molar refractivity (Wildman–Crippen MR) is 79.9 cm³/mol. The fourth-order valence-corrected chi connectivity index (χ4v) is 2.40. The molecule has 1 fully saturated rings. The maximum atomic E-state index is 12.1. The SMILES string of the molecule is COC1(C(=O)NCCc2ccc(OCC(=O)O)cc2)CCC1. The van der Waals surface area contributed by atoms with E-state index in [4.69, 9.17) is 14.6 Å². The average Bonchev–Trinajstić information content (AvgIpc) is 2.46. The van der Waals surface area contributed by atoms with Gasteiger partial charge in [0.1, 0.15) is 11.4 Å². The van der Waals surface area contributed by atoms with Gasteiger partial charge in [-0.05, 0) is 43.4 Å². The lowest BCUT2D eigenvalue weighted by molar-refractivity contribution is -0.154. The molecule has 0 atom stereocenters. The highest BCUT2D eigenvalue weighted by Gasteiger charge is 2.44. The van der Waals surface area contributed by atoms with E-state index in [1.807, 2.05) is 12.1 Å². The van der Waals surface area contributed by atoms with Crippen LogP contribution in [0.4, 0.5) is 0 Å². The number of carbonyl (C=O) groups excluding carboxylic acids is 1. The van der Waals surface area contributed by atoms with Crippen molar-refractivity contribution in [3.63, 3.8) is 0 Å². The Morgan fingerprint density at radius 3 is 2.45 bits per heavy atom. The zero-order valence-electron chi connectivity index (χ0n) is 12.6. The lowest BCUT2D eigenvalue weighted by Gasteiger charge is -2.38. The van der Waals surface area contributed by atoms with Crippen LogP contribution in [-0.4, -0.2) is 42.8 Å². The molecule has 1 aliphatic carbocycles. The van der Waals surface area contributed by atoms with Gasteiger partial charge in [0.15, 0.2) is 6.61 Å². The Balaban J connectivity index is 1.75. The first-order valence-electron chi connectivity index (χ1n) is 7.33. The maximum absolute atomic E-state index is 12.1. The number of carbonyl (C=O) groups is 2. The van der Waals surface area contributed by atoms with Gasteiger partial charge in [0, 0.05) is 13.7 Å². The summed E-state index contributed by atoms with van der Waals surface area (Å²) in [5, 5.41) is 11.4. The highest BCUT2D eigenvalue weighted by molar-refractivity contribution is 5.86. The van der Waals surface area contributed by atoms with Gasteiger partial charge in [0.25, 0.3) is 5.91 Å². The van der Waals surface area contributed by atoms with Gasteiger partial charge in [-0.1, -0.05) is 12.1 Å². The minimum absolute atomic E-state index is 0.0392. The zero-order valence-corrected chi connectivity index (χ0v) is 12.6. The monoisotopic (exact) mass is 307 g/mol. The molecule has 2 N–H and O–H groups in total. The average molecular weight is 307 g/mol. The fraction of sp³-hybridized carbons (Fsp3) is 0.500. The van der Waals surface area contributed by atoms with Gasteiger partial charge < -0.3 is 19.9 Å². The molecule has 22 heavy (non-hydrogen) atoms. The molecule has 2 rings (SSSR count). The normalized spacial score (nSPS) is 15.7. The molecule has 0 spiro atoms. The highest BCUT2D eigenvalue weighted by Crippen LogP contribution is 2.35. The number of ether oxygens (including phenoxy) is 2. The first kappa shape index (κ1) is 16.3. The molecule has 0 bridgehead atoms. The number of rotatable bonds is 8. The van der Waals surface area contributed by atoms with E-state index in [0.29, 0.717) is 18.7 Å². The Labute approximate surface area is 129 Å². The molecule has 0 aromatic heterocycles. The Morgan fingerprint density at radius 1 is 1.27 bits per heavy atom. The highest BCUT2D eigenvalue weighted by atomic mass is 16.5. The number of benzene rings is 1. The van der Waals surface area contributed by atoms with E-state index >= 15 is 0 Å². The van der Waals surface area contributed by atoms with E-state index in [9.17, 15) is 9.59 Å². The van der Waals surface area contributed by atoms with Crippen LogP contribution in [-0.2, 0) is 20.7 Å². The van der Waals surface area contributed by atoms with Gasteiger partial charge in [0.05, 0.1) is 0 Å². The number of methoxy groups -OCH3 is 1. The third-order valence-electron chi connectivity index (χ3n) is 3.95. The van der Waals surface area contributed by atoms with Crippen LogP contribution in [0.2, 0.25) is 0 Å². The van der Waals surface area contributed by atoms with Crippen molar-refractivity contribution in [2.45, 2.75) is 31.3 Å². The lowest BCUT2D eigenvalue weighted by atomic mass is 9.79. The van der Waals surface area contributed by atoms with Crippen molar-refractivity contribution < 1.29 is 24.2 Å². The van der Waals surface area contributed by atoms with Crippen LogP contribution >= 0.6 is 0 Å². The largest absolute Gasteiger partial charge is 0.482 e. The number of hydrogen-bond acceptors (Lipinski definition) is 4. The van der Waals surface area contributed by atoms with Crippen molar-refractivity contribution in [1.29, 1.82) is 0 Å². The van der Waals surface area contributed by atoms with Crippen molar-refractivity contribution in [2.24, 2.45) is 0 Å². The fourth-order valence-electron chi connectivity index (χ4n) is 2.40. The second kappa shape index (κ2) is 7.26. The predicted octanol–water partition coefficient (Wildman–Crippen LogP) is 1.38. The molecule has 0 unspecified atom stereocenters. The first-order valence-corrected chi connectivity index (χ1v) is 7.33. The number of aliphatic carboxylic acids is 1. The summed E-state index contributed by atoms with van der Waals surface area (Å²) in [5.74, 6) is -0.527. The van der Waals surface area contributed by atoms with E-state index < -0.39 is 11.6 Å². The van der Waals surface area contributed by atoms with Crippen molar-refractivity contribution >= 4 is 11.9 Å². The summed E-state index contributed by atoms with van der Waals surface area (Å²) in [7, 11) is 1.58. The third kappa shape index (κ3) is 3.98. The first-order chi connectivity index (χ1) is 10.6. The lowest BCUT2D eigenvalue weighted by Crippen LogP contribution is -2.53. The molecule has 1 saturated carbocycles. The van der Waals surface area contributed by atoms with E-state index in [-0.39, 0.29) is 12.5 Å². The van der Waals surface area contributed by atoms with E-state index in [1.54, 1.807) is 19.2 Å². The number of amides is 1. The van der Waals surface area contributed by atoms with Crippen molar-refractivity contribution in [3.8, 4) is 5.75 Å². The minimum Gasteiger partial charge on any atom is -0.482 e. The second-order valence-electron chi connectivity index (χ2n) is 5.38. The van der Waals surface area contributed by atoms with Gasteiger partial charge in [-0.25, -0.2) is 4.79 Å². The topological polar surface area (TPSA) is 84.9 Å². The van der Waals surface area contributed by atoms with Gasteiger partial charge in [0.2, 0.25) is 0 Å². The molecular formula is C16H21NO5. The molecule has 1 aromatic rings. The molecule has 1 aromatic carbocycles. The third-order valence-corrected chi connectivity index (χ3v) is 3.95. The zero-order chi connectivity index (χ0) is 16.0. The van der Waals surface area contributed by atoms with Crippen molar-refractivity contribution in [3.05, 3.63) is 29.8 Å². The molecule has 0 heterocycles. The van der Waals surface area contributed by atoms with Crippen LogP contribution in [0.3, 0.4) is 0 Å². The van der Waals surface area contributed by atoms with E-state index in [0.717, 1.165) is 24.8 Å². The molecule has 120 valence electrons. The molecule has 0 aliphatic heterocycles. The summed E-state index contributed by atoms with van der Waals surface area (Å²) >= 11 is 0. The maximum Gasteiger partial charge on any atom is 0.341 e. The van der Waals surface area contributed by atoms with Crippen molar-refractivity contribution in [1.82, 2.24) is 5.32 Å². The van der Waals surface area contributed by atoms with Crippen LogP contribution in [0.1, 0.15) is 24.8 Å². The van der Waals surface area contributed by atoms with Gasteiger partial charge >= 0.3 is 5.97 Å². The van der Waals surface area contributed by atoms with Crippen LogP contribution in [0.25, 0.3) is 0 Å². The second-order valence-corrected chi connectivity index (χ2v) is 5.38. The Bertz CT molecular complexity index is 516.